The number of aliphatic hydroxyl groups is 3. The highest BCUT2D eigenvalue weighted by atomic mass is 32.2. The van der Waals surface area contributed by atoms with Crippen LogP contribution in [0.4, 0.5) is 14.6 Å². The first kappa shape index (κ1) is 25.2. The molecular weight excluding hydrogens is 494 g/mol. The molecule has 2 saturated carbocycles. The molecule has 2 heterocycles. The van der Waals surface area contributed by atoms with Crippen LogP contribution in [0.2, 0.25) is 0 Å². The fourth-order valence-electron chi connectivity index (χ4n) is 4.61. The lowest BCUT2D eigenvalue weighted by Gasteiger charge is -2.17. The van der Waals surface area contributed by atoms with Gasteiger partial charge in [-0.1, -0.05) is 30.0 Å². The summed E-state index contributed by atoms with van der Waals surface area (Å²) < 4.78 is 34.0. The summed E-state index contributed by atoms with van der Waals surface area (Å²) in [6.45, 7) is 1.91. The third-order valence-corrected chi connectivity index (χ3v) is 7.61. The van der Waals surface area contributed by atoms with Gasteiger partial charge in [0.05, 0.1) is 25.4 Å². The second kappa shape index (κ2) is 10.5. The molecule has 1 aromatic carbocycles. The van der Waals surface area contributed by atoms with Crippen molar-refractivity contribution in [2.75, 3.05) is 24.3 Å². The SMILES string of the molecule is CCCSc1nc(N[C@@H]2C[C@H]2c2ccc(F)c(F)c2)c2nnn([C@@H]3C[C@H](OCCO)[C@H](O)[C@H]3O)c2n1. The van der Waals surface area contributed by atoms with Crippen molar-refractivity contribution < 1.29 is 28.8 Å². The third-order valence-electron chi connectivity index (χ3n) is 6.56. The molecule has 10 nitrogen and oxygen atoms in total. The zero-order valence-corrected chi connectivity index (χ0v) is 20.4. The number of benzene rings is 1. The molecule has 0 bridgehead atoms. The maximum absolute atomic E-state index is 13.7. The van der Waals surface area contributed by atoms with Crippen molar-refractivity contribution in [3.05, 3.63) is 35.4 Å². The molecule has 3 aromatic rings. The van der Waals surface area contributed by atoms with Crippen LogP contribution >= 0.6 is 11.8 Å². The van der Waals surface area contributed by atoms with E-state index in [1.165, 1.54) is 22.5 Å². The molecule has 0 saturated heterocycles. The molecule has 0 unspecified atom stereocenters. The monoisotopic (exact) mass is 522 g/mol. The Morgan fingerprint density at radius 3 is 2.75 bits per heavy atom. The normalized spacial score (nSPS) is 27.6. The molecule has 5 rings (SSSR count). The Labute approximate surface area is 210 Å². The molecular formula is C23H28F2N6O4S. The van der Waals surface area contributed by atoms with Gasteiger partial charge in [0.25, 0.3) is 0 Å². The first-order valence-electron chi connectivity index (χ1n) is 12.0. The Bertz CT molecular complexity index is 1230. The smallest absolute Gasteiger partial charge is 0.191 e. The van der Waals surface area contributed by atoms with Crippen LogP contribution in [-0.4, -0.2) is 83.6 Å². The quantitative estimate of drug-likeness (QED) is 0.231. The Morgan fingerprint density at radius 2 is 2.00 bits per heavy atom. The maximum atomic E-state index is 13.7. The summed E-state index contributed by atoms with van der Waals surface area (Å²) in [7, 11) is 0. The van der Waals surface area contributed by atoms with Crippen LogP contribution in [0.1, 0.15) is 43.7 Å². The van der Waals surface area contributed by atoms with Gasteiger partial charge in [0.15, 0.2) is 33.8 Å². The number of nitrogens with one attached hydrogen (secondary N) is 1. The number of hydrogen-bond acceptors (Lipinski definition) is 10. The van der Waals surface area contributed by atoms with Gasteiger partial charge in [-0.3, -0.25) is 0 Å². The van der Waals surface area contributed by atoms with Crippen LogP contribution in [0, 0.1) is 11.6 Å². The standard InChI is InChI=1S/C23H28F2N6O4S/c1-2-7-36-23-27-21(26-15-9-12(15)11-3-4-13(24)14(25)8-11)18-22(28-23)31(30-29-18)16-10-17(35-6-5-32)20(34)19(16)33/h3-4,8,12,15-17,19-20,32-34H,2,5-7,9-10H2,1H3,(H,26,27,28)/t12-,15+,16+,17-,19-,20-/m0/s1. The second-order valence-corrected chi connectivity index (χ2v) is 10.2. The number of ether oxygens (including phenoxy) is 1. The number of anilines is 1. The van der Waals surface area contributed by atoms with Crippen LogP contribution in [0.25, 0.3) is 11.2 Å². The number of thioether (sulfide) groups is 1. The lowest BCUT2D eigenvalue weighted by atomic mass is 10.1. The number of halogens is 2. The Hall–Kier alpha value is -2.45. The maximum Gasteiger partial charge on any atom is 0.191 e. The fraction of sp³-hybridized carbons (Fsp3) is 0.565. The van der Waals surface area contributed by atoms with Crippen LogP contribution in [0.3, 0.4) is 0 Å². The van der Waals surface area contributed by atoms with E-state index in [0.717, 1.165) is 24.7 Å². The minimum absolute atomic E-state index is 0.00291. The first-order valence-corrected chi connectivity index (χ1v) is 13.0. The molecule has 2 fully saturated rings. The topological polar surface area (TPSA) is 138 Å². The number of hydrogen-bond donors (Lipinski definition) is 4. The van der Waals surface area contributed by atoms with Crippen molar-refractivity contribution in [2.45, 2.75) is 67.7 Å². The average molecular weight is 523 g/mol. The summed E-state index contributed by atoms with van der Waals surface area (Å²) in [6.07, 6.45) is -1.04. The molecule has 0 spiro atoms. The number of rotatable bonds is 10. The summed E-state index contributed by atoms with van der Waals surface area (Å²) in [6, 6.07) is 3.26. The molecule has 194 valence electrons. The van der Waals surface area contributed by atoms with E-state index in [-0.39, 0.29) is 31.6 Å². The average Bonchev–Trinajstić information content (AvgIpc) is 3.41. The van der Waals surface area contributed by atoms with Gasteiger partial charge in [0.1, 0.15) is 12.2 Å². The van der Waals surface area contributed by atoms with Gasteiger partial charge in [-0.2, -0.15) is 0 Å². The molecule has 0 amide bonds. The van der Waals surface area contributed by atoms with E-state index in [9.17, 15) is 19.0 Å². The van der Waals surface area contributed by atoms with Gasteiger partial charge in [0, 0.05) is 24.1 Å². The van der Waals surface area contributed by atoms with E-state index in [1.54, 1.807) is 6.07 Å². The predicted molar refractivity (Wildman–Crippen MR) is 128 cm³/mol. The summed E-state index contributed by atoms with van der Waals surface area (Å²) in [5.74, 6) is -0.472. The van der Waals surface area contributed by atoms with Crippen LogP contribution < -0.4 is 5.32 Å². The van der Waals surface area contributed by atoms with Crippen LogP contribution in [0.5, 0.6) is 0 Å². The molecule has 0 radical (unpaired) electrons. The molecule has 36 heavy (non-hydrogen) atoms. The highest BCUT2D eigenvalue weighted by Crippen LogP contribution is 2.44. The van der Waals surface area contributed by atoms with Crippen molar-refractivity contribution in [1.82, 2.24) is 25.0 Å². The van der Waals surface area contributed by atoms with Crippen molar-refractivity contribution in [3.8, 4) is 0 Å². The fourth-order valence-corrected chi connectivity index (χ4v) is 5.31. The van der Waals surface area contributed by atoms with Crippen molar-refractivity contribution >= 4 is 28.7 Å². The van der Waals surface area contributed by atoms with E-state index in [4.69, 9.17) is 9.84 Å². The molecule has 2 aliphatic carbocycles. The largest absolute Gasteiger partial charge is 0.394 e. The van der Waals surface area contributed by atoms with E-state index in [2.05, 4.69) is 32.5 Å². The summed E-state index contributed by atoms with van der Waals surface area (Å²) in [4.78, 5) is 9.27. The minimum Gasteiger partial charge on any atom is -0.394 e. The Morgan fingerprint density at radius 1 is 1.17 bits per heavy atom. The third kappa shape index (κ3) is 4.90. The predicted octanol–water partition coefficient (Wildman–Crippen LogP) is 2.01. The highest BCUT2D eigenvalue weighted by molar-refractivity contribution is 7.99. The van der Waals surface area contributed by atoms with Crippen molar-refractivity contribution in [1.29, 1.82) is 0 Å². The summed E-state index contributed by atoms with van der Waals surface area (Å²) in [5.41, 5.74) is 1.53. The number of aromatic nitrogens is 5. The highest BCUT2D eigenvalue weighted by Gasteiger charge is 2.45. The Balaban J connectivity index is 1.43. The van der Waals surface area contributed by atoms with Crippen molar-refractivity contribution in [2.24, 2.45) is 0 Å². The molecule has 0 aliphatic heterocycles. The summed E-state index contributed by atoms with van der Waals surface area (Å²) in [5, 5.41) is 42.5. The number of aliphatic hydroxyl groups excluding tert-OH is 3. The van der Waals surface area contributed by atoms with E-state index in [1.807, 2.05) is 0 Å². The number of fused-ring (bicyclic) bond motifs is 1. The molecule has 2 aromatic heterocycles. The van der Waals surface area contributed by atoms with Crippen molar-refractivity contribution in [3.63, 3.8) is 0 Å². The van der Waals surface area contributed by atoms with E-state index in [0.29, 0.717) is 27.7 Å². The Kier molecular flexibility index (Phi) is 7.35. The molecule has 6 atom stereocenters. The lowest BCUT2D eigenvalue weighted by Crippen LogP contribution is -2.33. The van der Waals surface area contributed by atoms with Gasteiger partial charge in [-0.25, -0.2) is 23.4 Å². The van der Waals surface area contributed by atoms with Gasteiger partial charge >= 0.3 is 0 Å². The minimum atomic E-state index is -1.15. The molecule has 2 aliphatic rings. The van der Waals surface area contributed by atoms with Gasteiger partial charge in [-0.15, -0.1) is 5.10 Å². The zero-order chi connectivity index (χ0) is 25.4. The molecule has 4 N–H and O–H groups in total. The van der Waals surface area contributed by atoms with E-state index < -0.39 is 36.0 Å². The van der Waals surface area contributed by atoms with Crippen LogP contribution in [0.15, 0.2) is 23.4 Å². The lowest BCUT2D eigenvalue weighted by molar-refractivity contribution is -0.0629. The zero-order valence-electron chi connectivity index (χ0n) is 19.6. The first-order chi connectivity index (χ1) is 17.4. The van der Waals surface area contributed by atoms with Crippen LogP contribution in [-0.2, 0) is 4.74 Å². The summed E-state index contributed by atoms with van der Waals surface area (Å²) >= 11 is 1.48. The van der Waals surface area contributed by atoms with Gasteiger partial charge in [-0.05, 0) is 30.5 Å². The molecule has 13 heteroatoms. The van der Waals surface area contributed by atoms with Gasteiger partial charge in [0.2, 0.25) is 0 Å². The second-order valence-electron chi connectivity index (χ2n) is 9.09. The number of nitrogens with zero attached hydrogens (tertiary/aromatic N) is 5. The van der Waals surface area contributed by atoms with E-state index >= 15 is 0 Å². The van der Waals surface area contributed by atoms with Gasteiger partial charge < -0.3 is 25.4 Å².